The van der Waals surface area contributed by atoms with Crippen molar-refractivity contribution in [2.24, 2.45) is 0 Å². The SMILES string of the molecule is Cc1c([N+](=O)[O-])cnn1C(C)C(=O)NC1CCN(C)CC1. The Bertz CT molecular complexity index is 534. The molecule has 116 valence electrons. The van der Waals surface area contributed by atoms with Gasteiger partial charge in [-0.05, 0) is 46.8 Å². The number of nitrogens with zero attached hydrogens (tertiary/aromatic N) is 4. The molecule has 1 fully saturated rings. The Hall–Kier alpha value is -1.96. The molecule has 1 aliphatic heterocycles. The predicted octanol–water partition coefficient (Wildman–Crippen LogP) is 0.871. The van der Waals surface area contributed by atoms with Gasteiger partial charge in [-0.25, -0.2) is 0 Å². The Morgan fingerprint density at radius 2 is 2.14 bits per heavy atom. The summed E-state index contributed by atoms with van der Waals surface area (Å²) in [7, 11) is 2.06. The van der Waals surface area contributed by atoms with Crippen LogP contribution >= 0.6 is 0 Å². The fourth-order valence-corrected chi connectivity index (χ4v) is 2.57. The van der Waals surface area contributed by atoms with Crippen molar-refractivity contribution >= 4 is 11.6 Å². The van der Waals surface area contributed by atoms with Gasteiger partial charge in [0.25, 0.3) is 0 Å². The zero-order chi connectivity index (χ0) is 15.6. The molecule has 0 aliphatic carbocycles. The van der Waals surface area contributed by atoms with Crippen molar-refractivity contribution in [2.75, 3.05) is 20.1 Å². The second-order valence-corrected chi connectivity index (χ2v) is 5.58. The zero-order valence-corrected chi connectivity index (χ0v) is 12.6. The predicted molar refractivity (Wildman–Crippen MR) is 77.0 cm³/mol. The van der Waals surface area contributed by atoms with Gasteiger partial charge in [0, 0.05) is 6.04 Å². The molecular formula is C13H21N5O3. The average molecular weight is 295 g/mol. The number of nitrogens with one attached hydrogen (secondary N) is 1. The molecule has 0 radical (unpaired) electrons. The number of amides is 1. The summed E-state index contributed by atoms with van der Waals surface area (Å²) in [4.78, 5) is 24.8. The number of carbonyl (C=O) groups is 1. The molecule has 1 aromatic rings. The summed E-state index contributed by atoms with van der Waals surface area (Å²) in [5.74, 6) is -0.148. The molecule has 0 aromatic carbocycles. The van der Waals surface area contributed by atoms with E-state index in [4.69, 9.17) is 0 Å². The van der Waals surface area contributed by atoms with Crippen molar-refractivity contribution < 1.29 is 9.72 Å². The van der Waals surface area contributed by atoms with Crippen molar-refractivity contribution in [1.82, 2.24) is 20.0 Å². The van der Waals surface area contributed by atoms with Crippen LogP contribution in [0.2, 0.25) is 0 Å². The van der Waals surface area contributed by atoms with E-state index in [1.807, 2.05) is 0 Å². The van der Waals surface area contributed by atoms with E-state index in [1.54, 1.807) is 13.8 Å². The number of nitro groups is 1. The highest BCUT2D eigenvalue weighted by Crippen LogP contribution is 2.20. The molecule has 1 N–H and O–H groups in total. The first-order valence-corrected chi connectivity index (χ1v) is 7.07. The van der Waals surface area contributed by atoms with Crippen LogP contribution in [0.25, 0.3) is 0 Å². The first-order chi connectivity index (χ1) is 9.90. The smallest absolute Gasteiger partial charge is 0.309 e. The second kappa shape index (κ2) is 6.21. The molecule has 2 heterocycles. The van der Waals surface area contributed by atoms with Gasteiger partial charge in [-0.15, -0.1) is 0 Å². The van der Waals surface area contributed by atoms with Crippen molar-refractivity contribution in [3.05, 3.63) is 22.0 Å². The molecule has 8 nitrogen and oxygen atoms in total. The van der Waals surface area contributed by atoms with Gasteiger partial charge in [-0.2, -0.15) is 5.10 Å². The molecule has 1 atom stereocenters. The van der Waals surface area contributed by atoms with Crippen LogP contribution in [0.4, 0.5) is 5.69 Å². The third-order valence-corrected chi connectivity index (χ3v) is 4.03. The van der Waals surface area contributed by atoms with Crippen LogP contribution in [0.1, 0.15) is 31.5 Å². The molecule has 1 amide bonds. The van der Waals surface area contributed by atoms with Gasteiger partial charge in [0.1, 0.15) is 17.9 Å². The van der Waals surface area contributed by atoms with Gasteiger partial charge in [0.05, 0.1) is 4.92 Å². The molecular weight excluding hydrogens is 274 g/mol. The monoisotopic (exact) mass is 295 g/mol. The van der Waals surface area contributed by atoms with Crippen molar-refractivity contribution in [3.8, 4) is 0 Å². The van der Waals surface area contributed by atoms with E-state index < -0.39 is 11.0 Å². The topological polar surface area (TPSA) is 93.3 Å². The summed E-state index contributed by atoms with van der Waals surface area (Å²) in [6, 6.07) is -0.389. The summed E-state index contributed by atoms with van der Waals surface area (Å²) in [6.45, 7) is 5.23. The third kappa shape index (κ3) is 3.38. The van der Waals surface area contributed by atoms with Gasteiger partial charge in [-0.3, -0.25) is 19.6 Å². The summed E-state index contributed by atoms with van der Waals surface area (Å²) in [5, 5.41) is 17.8. The van der Waals surface area contributed by atoms with E-state index in [9.17, 15) is 14.9 Å². The fraction of sp³-hybridized carbons (Fsp3) is 0.692. The number of hydrogen-bond acceptors (Lipinski definition) is 5. The quantitative estimate of drug-likeness (QED) is 0.657. The lowest BCUT2D eigenvalue weighted by atomic mass is 10.1. The number of rotatable bonds is 4. The van der Waals surface area contributed by atoms with Gasteiger partial charge in [0.2, 0.25) is 5.91 Å². The van der Waals surface area contributed by atoms with E-state index in [0.717, 1.165) is 25.9 Å². The molecule has 1 saturated heterocycles. The minimum absolute atomic E-state index is 0.0612. The number of carbonyl (C=O) groups excluding carboxylic acids is 1. The average Bonchev–Trinajstić information content (AvgIpc) is 2.82. The summed E-state index contributed by atoms with van der Waals surface area (Å²) in [5.41, 5.74) is 0.333. The molecule has 0 bridgehead atoms. The molecule has 1 unspecified atom stereocenters. The summed E-state index contributed by atoms with van der Waals surface area (Å²) in [6.07, 6.45) is 3.04. The molecule has 2 rings (SSSR count). The lowest BCUT2D eigenvalue weighted by Crippen LogP contribution is -2.45. The minimum atomic E-state index is -0.557. The Morgan fingerprint density at radius 1 is 1.52 bits per heavy atom. The largest absolute Gasteiger partial charge is 0.351 e. The van der Waals surface area contributed by atoms with Gasteiger partial charge in [-0.1, -0.05) is 0 Å². The fourth-order valence-electron chi connectivity index (χ4n) is 2.57. The van der Waals surface area contributed by atoms with Crippen LogP contribution in [0.15, 0.2) is 6.20 Å². The first-order valence-electron chi connectivity index (χ1n) is 7.07. The Balaban J connectivity index is 2.01. The van der Waals surface area contributed by atoms with Crippen LogP contribution in [0.5, 0.6) is 0 Å². The van der Waals surface area contributed by atoms with Crippen molar-refractivity contribution in [1.29, 1.82) is 0 Å². The normalized spacial score (nSPS) is 18.4. The van der Waals surface area contributed by atoms with Crippen LogP contribution in [0.3, 0.4) is 0 Å². The maximum atomic E-state index is 12.3. The molecule has 8 heteroatoms. The number of likely N-dealkylation sites (tertiary alicyclic amines) is 1. The lowest BCUT2D eigenvalue weighted by molar-refractivity contribution is -0.385. The van der Waals surface area contributed by atoms with Gasteiger partial charge < -0.3 is 10.2 Å². The second-order valence-electron chi connectivity index (χ2n) is 5.58. The van der Waals surface area contributed by atoms with Gasteiger partial charge in [0.15, 0.2) is 0 Å². The maximum absolute atomic E-state index is 12.3. The van der Waals surface area contributed by atoms with Crippen LogP contribution in [-0.2, 0) is 4.79 Å². The third-order valence-electron chi connectivity index (χ3n) is 4.03. The first kappa shape index (κ1) is 15.4. The maximum Gasteiger partial charge on any atom is 0.309 e. The number of piperidine rings is 1. The molecule has 1 aromatic heterocycles. The van der Waals surface area contributed by atoms with Gasteiger partial charge >= 0.3 is 5.69 Å². The van der Waals surface area contributed by atoms with E-state index >= 15 is 0 Å². The van der Waals surface area contributed by atoms with Crippen LogP contribution < -0.4 is 5.32 Å². The Kier molecular flexibility index (Phi) is 4.56. The van der Waals surface area contributed by atoms with Crippen molar-refractivity contribution in [3.63, 3.8) is 0 Å². The van der Waals surface area contributed by atoms with E-state index in [2.05, 4.69) is 22.4 Å². The Labute approximate surface area is 123 Å². The lowest BCUT2D eigenvalue weighted by Gasteiger charge is -2.30. The number of aromatic nitrogens is 2. The molecule has 0 spiro atoms. The van der Waals surface area contributed by atoms with Crippen LogP contribution in [-0.4, -0.2) is 51.7 Å². The van der Waals surface area contributed by atoms with E-state index in [0.29, 0.717) is 5.69 Å². The highest BCUT2D eigenvalue weighted by molar-refractivity contribution is 5.80. The minimum Gasteiger partial charge on any atom is -0.351 e. The molecule has 0 saturated carbocycles. The van der Waals surface area contributed by atoms with E-state index in [-0.39, 0.29) is 17.6 Å². The standard InChI is InChI=1S/C13H21N5O3/c1-9-12(18(20)21)8-14-17(9)10(2)13(19)15-11-4-6-16(3)7-5-11/h8,10-11H,4-7H2,1-3H3,(H,15,19). The van der Waals surface area contributed by atoms with Crippen LogP contribution in [0, 0.1) is 17.0 Å². The summed E-state index contributed by atoms with van der Waals surface area (Å²) >= 11 is 0. The highest BCUT2D eigenvalue weighted by Gasteiger charge is 2.26. The molecule has 21 heavy (non-hydrogen) atoms. The zero-order valence-electron chi connectivity index (χ0n) is 12.6. The van der Waals surface area contributed by atoms with E-state index in [1.165, 1.54) is 10.9 Å². The summed E-state index contributed by atoms with van der Waals surface area (Å²) < 4.78 is 1.41. The Morgan fingerprint density at radius 3 is 2.67 bits per heavy atom. The number of hydrogen-bond donors (Lipinski definition) is 1. The van der Waals surface area contributed by atoms with Crippen molar-refractivity contribution in [2.45, 2.75) is 38.8 Å². The highest BCUT2D eigenvalue weighted by atomic mass is 16.6. The molecule has 1 aliphatic rings.